The van der Waals surface area contributed by atoms with Crippen molar-refractivity contribution in [2.45, 2.75) is 51.7 Å². The lowest BCUT2D eigenvalue weighted by atomic mass is 9.65. The number of allylic oxidation sites excluding steroid dienone is 1. The fraction of sp³-hybridized carbons (Fsp3) is 0.692. The van der Waals surface area contributed by atoms with Gasteiger partial charge in [0, 0.05) is 5.41 Å². The van der Waals surface area contributed by atoms with Gasteiger partial charge in [-0.2, -0.15) is 0 Å². The number of rotatable bonds is 0. The molecule has 0 aromatic carbocycles. The Balaban J connectivity index is 2.39. The van der Waals surface area contributed by atoms with E-state index >= 15 is 0 Å². The minimum atomic E-state index is -0.0822. The van der Waals surface area contributed by atoms with Crippen LogP contribution in [0.1, 0.15) is 40.0 Å². The summed E-state index contributed by atoms with van der Waals surface area (Å²) < 4.78 is 6.17. The molecule has 1 aliphatic heterocycles. The van der Waals surface area contributed by atoms with Crippen molar-refractivity contribution in [2.24, 2.45) is 5.41 Å². The Kier molecular flexibility index (Phi) is 2.11. The van der Waals surface area contributed by atoms with Crippen molar-refractivity contribution in [3.8, 4) is 0 Å². The molecule has 2 unspecified atom stereocenters. The van der Waals surface area contributed by atoms with Crippen LogP contribution < -0.4 is 0 Å². The molecule has 1 nitrogen and oxygen atoms in total. The monoisotopic (exact) mass is 192 g/mol. The summed E-state index contributed by atoms with van der Waals surface area (Å²) in [5, 5.41) is 0. The van der Waals surface area contributed by atoms with Gasteiger partial charge in [0.25, 0.3) is 0 Å². The lowest BCUT2D eigenvalue weighted by Crippen LogP contribution is -2.47. The molecule has 0 saturated carbocycles. The van der Waals surface area contributed by atoms with Crippen molar-refractivity contribution >= 4 is 0 Å². The van der Waals surface area contributed by atoms with E-state index in [-0.39, 0.29) is 11.0 Å². The van der Waals surface area contributed by atoms with Gasteiger partial charge in [0.1, 0.15) is 0 Å². The fourth-order valence-electron chi connectivity index (χ4n) is 2.83. The predicted octanol–water partition coefficient (Wildman–Crippen LogP) is 3.47. The van der Waals surface area contributed by atoms with Gasteiger partial charge >= 0.3 is 0 Å². The molecule has 0 radical (unpaired) electrons. The van der Waals surface area contributed by atoms with E-state index in [1.807, 2.05) is 0 Å². The number of ether oxygens (including phenoxy) is 1. The Morgan fingerprint density at radius 3 is 2.71 bits per heavy atom. The highest BCUT2D eigenvalue weighted by atomic mass is 16.5. The molecule has 2 atom stereocenters. The molecule has 0 aromatic heterocycles. The first-order valence-corrected chi connectivity index (χ1v) is 5.52. The van der Waals surface area contributed by atoms with Crippen LogP contribution in [0.4, 0.5) is 0 Å². The highest BCUT2D eigenvalue weighted by molar-refractivity contribution is 5.34. The third-order valence-electron chi connectivity index (χ3n) is 3.86. The summed E-state index contributed by atoms with van der Waals surface area (Å²) >= 11 is 0. The lowest BCUT2D eigenvalue weighted by Gasteiger charge is -2.46. The number of hydrogen-bond acceptors (Lipinski definition) is 1. The average Bonchev–Trinajstić information content (AvgIpc) is 2.46. The van der Waals surface area contributed by atoms with Gasteiger partial charge in [0.15, 0.2) is 0 Å². The van der Waals surface area contributed by atoms with Crippen LogP contribution in [-0.2, 0) is 4.74 Å². The van der Waals surface area contributed by atoms with Gasteiger partial charge in [-0.3, -0.25) is 0 Å². The third-order valence-corrected chi connectivity index (χ3v) is 3.86. The largest absolute Gasteiger partial charge is 0.367 e. The van der Waals surface area contributed by atoms with Crippen LogP contribution in [0.15, 0.2) is 24.3 Å². The summed E-state index contributed by atoms with van der Waals surface area (Å²) in [6.07, 6.45) is 8.14. The molecule has 0 N–H and O–H groups in total. The molecule has 78 valence electrons. The standard InChI is InChI=1S/C13H20O/c1-10-6-5-8-12(3,4)13(10)9-7-11(2)14-13/h5-6,11H,1,7-9H2,2-4H3. The molecular formula is C13H20O. The molecule has 1 saturated heterocycles. The Hall–Kier alpha value is -0.560. The maximum absolute atomic E-state index is 6.17. The molecule has 1 heteroatoms. The second-order valence-corrected chi connectivity index (χ2v) is 5.31. The van der Waals surface area contributed by atoms with Gasteiger partial charge < -0.3 is 4.74 Å². The van der Waals surface area contributed by atoms with E-state index in [4.69, 9.17) is 4.74 Å². The zero-order valence-corrected chi connectivity index (χ0v) is 9.47. The average molecular weight is 192 g/mol. The van der Waals surface area contributed by atoms with Crippen molar-refractivity contribution in [1.29, 1.82) is 0 Å². The van der Waals surface area contributed by atoms with Crippen molar-refractivity contribution in [3.05, 3.63) is 24.3 Å². The summed E-state index contributed by atoms with van der Waals surface area (Å²) in [4.78, 5) is 0. The maximum atomic E-state index is 6.17. The third kappa shape index (κ3) is 1.18. The molecule has 1 fully saturated rings. The molecule has 2 aliphatic rings. The summed E-state index contributed by atoms with van der Waals surface area (Å²) in [5.74, 6) is 0. The summed E-state index contributed by atoms with van der Waals surface area (Å²) in [6, 6.07) is 0. The Morgan fingerprint density at radius 2 is 2.21 bits per heavy atom. The van der Waals surface area contributed by atoms with Gasteiger partial charge in [-0.1, -0.05) is 32.6 Å². The van der Waals surface area contributed by atoms with Crippen molar-refractivity contribution in [2.75, 3.05) is 0 Å². The summed E-state index contributed by atoms with van der Waals surface area (Å²) in [7, 11) is 0. The van der Waals surface area contributed by atoms with Gasteiger partial charge in [-0.25, -0.2) is 0 Å². The molecule has 0 amide bonds. The molecule has 1 aliphatic carbocycles. The van der Waals surface area contributed by atoms with E-state index in [2.05, 4.69) is 39.5 Å². The highest BCUT2D eigenvalue weighted by Crippen LogP contribution is 2.52. The second kappa shape index (κ2) is 2.96. The molecular weight excluding hydrogens is 172 g/mol. The van der Waals surface area contributed by atoms with Gasteiger partial charge in [0.2, 0.25) is 0 Å². The first-order valence-electron chi connectivity index (χ1n) is 5.52. The van der Waals surface area contributed by atoms with Crippen LogP contribution in [0, 0.1) is 5.41 Å². The van der Waals surface area contributed by atoms with E-state index < -0.39 is 0 Å². The molecule has 0 bridgehead atoms. The van der Waals surface area contributed by atoms with E-state index in [0.717, 1.165) is 24.8 Å². The molecule has 1 spiro atoms. The Morgan fingerprint density at radius 1 is 1.50 bits per heavy atom. The Labute approximate surface area is 86.8 Å². The van der Waals surface area contributed by atoms with Crippen molar-refractivity contribution in [3.63, 3.8) is 0 Å². The van der Waals surface area contributed by atoms with Gasteiger partial charge in [-0.05, 0) is 31.8 Å². The minimum absolute atomic E-state index is 0.0822. The van der Waals surface area contributed by atoms with Crippen LogP contribution in [0.5, 0.6) is 0 Å². The van der Waals surface area contributed by atoms with E-state index in [9.17, 15) is 0 Å². The van der Waals surface area contributed by atoms with E-state index in [1.54, 1.807) is 0 Å². The van der Waals surface area contributed by atoms with Crippen LogP contribution in [0.3, 0.4) is 0 Å². The van der Waals surface area contributed by atoms with Gasteiger partial charge in [0.05, 0.1) is 11.7 Å². The molecule has 1 heterocycles. The fourth-order valence-corrected chi connectivity index (χ4v) is 2.83. The number of hydrogen-bond donors (Lipinski definition) is 0. The zero-order chi connectivity index (χ0) is 10.4. The second-order valence-electron chi connectivity index (χ2n) is 5.31. The first kappa shape index (κ1) is 9.97. The van der Waals surface area contributed by atoms with E-state index in [0.29, 0.717) is 6.10 Å². The van der Waals surface area contributed by atoms with Crippen LogP contribution in [-0.4, -0.2) is 11.7 Å². The zero-order valence-electron chi connectivity index (χ0n) is 9.47. The van der Waals surface area contributed by atoms with E-state index in [1.165, 1.54) is 0 Å². The van der Waals surface area contributed by atoms with Gasteiger partial charge in [-0.15, -0.1) is 0 Å². The molecule has 14 heavy (non-hydrogen) atoms. The topological polar surface area (TPSA) is 9.23 Å². The first-order chi connectivity index (χ1) is 6.48. The van der Waals surface area contributed by atoms with Crippen LogP contribution in [0.2, 0.25) is 0 Å². The summed E-state index contributed by atoms with van der Waals surface area (Å²) in [5.41, 5.74) is 1.28. The molecule has 0 aromatic rings. The smallest absolute Gasteiger partial charge is 0.0983 e. The highest BCUT2D eigenvalue weighted by Gasteiger charge is 2.52. The Bertz CT molecular complexity index is 288. The quantitative estimate of drug-likeness (QED) is 0.571. The summed E-state index contributed by atoms with van der Waals surface area (Å²) in [6.45, 7) is 10.9. The SMILES string of the molecule is C=C1C=CCC(C)(C)C12CCC(C)O2. The lowest BCUT2D eigenvalue weighted by molar-refractivity contribution is -0.0828. The predicted molar refractivity (Wildman–Crippen MR) is 59.2 cm³/mol. The van der Waals surface area contributed by atoms with Crippen LogP contribution >= 0.6 is 0 Å². The minimum Gasteiger partial charge on any atom is -0.367 e. The van der Waals surface area contributed by atoms with Crippen LogP contribution in [0.25, 0.3) is 0 Å². The molecule has 2 rings (SSSR count). The van der Waals surface area contributed by atoms with Crippen molar-refractivity contribution < 1.29 is 4.74 Å². The normalized spacial score (nSPS) is 40.8. The maximum Gasteiger partial charge on any atom is 0.0983 e. The van der Waals surface area contributed by atoms with Crippen molar-refractivity contribution in [1.82, 2.24) is 0 Å².